The Morgan fingerprint density at radius 2 is 1.93 bits per heavy atom. The molecular weight excluding hydrogens is 374 g/mol. The Hall–Kier alpha value is -3.07. The Kier molecular flexibility index (Phi) is 7.07. The van der Waals surface area contributed by atoms with E-state index in [0.717, 1.165) is 50.6 Å². The van der Waals surface area contributed by atoms with Crippen molar-refractivity contribution >= 4 is 23.3 Å². The summed E-state index contributed by atoms with van der Waals surface area (Å²) in [7, 11) is 1.69. The average Bonchev–Trinajstić information content (AvgIpc) is 3.16. The standard InChI is InChI=1S/C20H27N5O4/c1-15-14-18(23-29-15)22-20(27)19(26)21-8-5-9-24-10-12-25(13-11-24)16-6-3-4-7-17(16)28-2/h3-4,6-7,14H,5,8-13H2,1-2H3,(H,21,26)(H,22,23,27). The largest absolute Gasteiger partial charge is 0.495 e. The van der Waals surface area contributed by atoms with Gasteiger partial charge in [0.2, 0.25) is 0 Å². The quantitative estimate of drug-likeness (QED) is 0.532. The molecule has 2 heterocycles. The zero-order chi connectivity index (χ0) is 20.6. The number of para-hydroxylation sites is 2. The maximum absolute atomic E-state index is 11.9. The van der Waals surface area contributed by atoms with Crippen LogP contribution >= 0.6 is 0 Å². The highest BCUT2D eigenvalue weighted by molar-refractivity contribution is 6.39. The number of amides is 2. The van der Waals surface area contributed by atoms with Gasteiger partial charge in [-0.3, -0.25) is 19.8 Å². The van der Waals surface area contributed by atoms with Gasteiger partial charge in [0.1, 0.15) is 11.5 Å². The smallest absolute Gasteiger partial charge is 0.314 e. The first-order valence-corrected chi connectivity index (χ1v) is 9.69. The van der Waals surface area contributed by atoms with Crippen LogP contribution in [-0.2, 0) is 9.59 Å². The monoisotopic (exact) mass is 401 g/mol. The third-order valence-corrected chi connectivity index (χ3v) is 4.81. The van der Waals surface area contributed by atoms with E-state index < -0.39 is 11.8 Å². The Morgan fingerprint density at radius 3 is 2.62 bits per heavy atom. The number of carbonyl (C=O) groups is 2. The number of nitrogens with one attached hydrogen (secondary N) is 2. The van der Waals surface area contributed by atoms with Gasteiger partial charge in [-0.15, -0.1) is 0 Å². The molecule has 0 unspecified atom stereocenters. The second-order valence-electron chi connectivity index (χ2n) is 6.89. The maximum atomic E-state index is 11.9. The molecule has 0 radical (unpaired) electrons. The molecule has 1 aromatic heterocycles. The van der Waals surface area contributed by atoms with Crippen molar-refractivity contribution in [3.8, 4) is 5.75 Å². The molecule has 2 aromatic rings. The molecule has 0 atom stereocenters. The molecule has 0 bridgehead atoms. The first-order chi connectivity index (χ1) is 14.1. The lowest BCUT2D eigenvalue weighted by molar-refractivity contribution is -0.136. The van der Waals surface area contributed by atoms with Crippen molar-refractivity contribution in [1.29, 1.82) is 0 Å². The Morgan fingerprint density at radius 1 is 1.17 bits per heavy atom. The molecule has 0 aliphatic carbocycles. The highest BCUT2D eigenvalue weighted by Crippen LogP contribution is 2.28. The second kappa shape index (κ2) is 9.92. The van der Waals surface area contributed by atoms with Crippen molar-refractivity contribution in [2.24, 2.45) is 0 Å². The molecule has 0 saturated carbocycles. The first kappa shape index (κ1) is 20.7. The highest BCUT2D eigenvalue weighted by atomic mass is 16.5. The Labute approximate surface area is 170 Å². The van der Waals surface area contributed by atoms with Crippen molar-refractivity contribution in [2.75, 3.05) is 56.6 Å². The minimum Gasteiger partial charge on any atom is -0.495 e. The van der Waals surface area contributed by atoms with Gasteiger partial charge in [-0.2, -0.15) is 0 Å². The molecule has 1 saturated heterocycles. The van der Waals surface area contributed by atoms with E-state index in [4.69, 9.17) is 9.26 Å². The van der Waals surface area contributed by atoms with Crippen LogP contribution in [0.1, 0.15) is 12.2 Å². The number of anilines is 2. The average molecular weight is 401 g/mol. The van der Waals surface area contributed by atoms with E-state index in [0.29, 0.717) is 12.3 Å². The van der Waals surface area contributed by atoms with Crippen LogP contribution in [0.25, 0.3) is 0 Å². The van der Waals surface area contributed by atoms with E-state index in [1.165, 1.54) is 0 Å². The molecule has 0 spiro atoms. The van der Waals surface area contributed by atoms with E-state index in [9.17, 15) is 9.59 Å². The summed E-state index contributed by atoms with van der Waals surface area (Å²) in [5, 5.41) is 8.67. The first-order valence-electron chi connectivity index (χ1n) is 9.69. The molecule has 1 aliphatic heterocycles. The number of carbonyl (C=O) groups excluding carboxylic acids is 2. The van der Waals surface area contributed by atoms with Crippen LogP contribution in [-0.4, -0.2) is 68.2 Å². The van der Waals surface area contributed by atoms with Crippen molar-refractivity contribution in [3.63, 3.8) is 0 Å². The summed E-state index contributed by atoms with van der Waals surface area (Å²) in [6.07, 6.45) is 0.775. The number of hydrogen-bond acceptors (Lipinski definition) is 7. The van der Waals surface area contributed by atoms with Gasteiger partial charge in [-0.1, -0.05) is 17.3 Å². The Balaban J connectivity index is 1.33. The lowest BCUT2D eigenvalue weighted by Gasteiger charge is -2.36. The minimum absolute atomic E-state index is 0.232. The highest BCUT2D eigenvalue weighted by Gasteiger charge is 2.19. The summed E-state index contributed by atoms with van der Waals surface area (Å²) in [5.41, 5.74) is 1.12. The van der Waals surface area contributed by atoms with Gasteiger partial charge in [0, 0.05) is 38.8 Å². The predicted octanol–water partition coefficient (Wildman–Crippen LogP) is 1.26. The number of piperazine rings is 1. The topological polar surface area (TPSA) is 99.9 Å². The van der Waals surface area contributed by atoms with Crippen LogP contribution < -0.4 is 20.3 Å². The van der Waals surface area contributed by atoms with Crippen LogP contribution in [0, 0.1) is 6.92 Å². The van der Waals surface area contributed by atoms with Crippen LogP contribution in [0.4, 0.5) is 11.5 Å². The molecule has 2 amide bonds. The SMILES string of the molecule is COc1ccccc1N1CCN(CCCNC(=O)C(=O)Nc2cc(C)on2)CC1. The van der Waals surface area contributed by atoms with Crippen LogP contribution in [0.15, 0.2) is 34.9 Å². The number of methoxy groups -OCH3 is 1. The van der Waals surface area contributed by atoms with E-state index >= 15 is 0 Å². The van der Waals surface area contributed by atoms with E-state index in [-0.39, 0.29) is 5.82 Å². The van der Waals surface area contributed by atoms with Crippen molar-refractivity contribution < 1.29 is 18.8 Å². The van der Waals surface area contributed by atoms with E-state index in [2.05, 4.69) is 31.7 Å². The van der Waals surface area contributed by atoms with Gasteiger partial charge < -0.3 is 19.5 Å². The Bertz CT molecular complexity index is 830. The second-order valence-corrected chi connectivity index (χ2v) is 6.89. The molecule has 29 heavy (non-hydrogen) atoms. The third-order valence-electron chi connectivity index (χ3n) is 4.81. The number of benzene rings is 1. The fraction of sp³-hybridized carbons (Fsp3) is 0.450. The van der Waals surface area contributed by atoms with Crippen molar-refractivity contribution in [3.05, 3.63) is 36.1 Å². The lowest BCUT2D eigenvalue weighted by Crippen LogP contribution is -2.47. The van der Waals surface area contributed by atoms with Gasteiger partial charge in [-0.25, -0.2) is 0 Å². The summed E-state index contributed by atoms with van der Waals surface area (Å²) in [6, 6.07) is 9.60. The van der Waals surface area contributed by atoms with E-state index in [1.54, 1.807) is 20.1 Å². The lowest BCUT2D eigenvalue weighted by atomic mass is 10.2. The third kappa shape index (κ3) is 5.71. The molecule has 3 rings (SSSR count). The zero-order valence-electron chi connectivity index (χ0n) is 16.8. The molecule has 1 aliphatic rings. The summed E-state index contributed by atoms with van der Waals surface area (Å²) in [6.45, 7) is 6.74. The number of ether oxygens (including phenoxy) is 1. The predicted molar refractivity (Wildman–Crippen MR) is 109 cm³/mol. The number of rotatable bonds is 7. The summed E-state index contributed by atoms with van der Waals surface area (Å²) in [4.78, 5) is 28.3. The summed E-state index contributed by atoms with van der Waals surface area (Å²) < 4.78 is 10.3. The number of aromatic nitrogens is 1. The molecule has 2 N–H and O–H groups in total. The van der Waals surface area contributed by atoms with Crippen LogP contribution in [0.5, 0.6) is 5.75 Å². The summed E-state index contributed by atoms with van der Waals surface area (Å²) >= 11 is 0. The van der Waals surface area contributed by atoms with Gasteiger partial charge in [-0.05, 0) is 32.0 Å². The molecule has 9 heteroatoms. The summed E-state index contributed by atoms with van der Waals surface area (Å²) in [5.74, 6) is 0.264. The van der Waals surface area contributed by atoms with Crippen LogP contribution in [0.3, 0.4) is 0 Å². The number of hydrogen-bond donors (Lipinski definition) is 2. The normalized spacial score (nSPS) is 14.5. The molecule has 1 fully saturated rings. The van der Waals surface area contributed by atoms with Gasteiger partial charge in [0.05, 0.1) is 12.8 Å². The molecule has 156 valence electrons. The zero-order valence-corrected chi connectivity index (χ0v) is 16.8. The molecular formula is C20H27N5O4. The molecule has 1 aromatic carbocycles. The molecule has 9 nitrogen and oxygen atoms in total. The number of aryl methyl sites for hydroxylation is 1. The number of nitrogens with zero attached hydrogens (tertiary/aromatic N) is 3. The van der Waals surface area contributed by atoms with Gasteiger partial charge in [0.15, 0.2) is 5.82 Å². The maximum Gasteiger partial charge on any atom is 0.314 e. The van der Waals surface area contributed by atoms with Crippen molar-refractivity contribution in [2.45, 2.75) is 13.3 Å². The fourth-order valence-electron chi connectivity index (χ4n) is 3.29. The van der Waals surface area contributed by atoms with Gasteiger partial charge in [0.25, 0.3) is 0 Å². The van der Waals surface area contributed by atoms with Crippen LogP contribution in [0.2, 0.25) is 0 Å². The van der Waals surface area contributed by atoms with Gasteiger partial charge >= 0.3 is 11.8 Å². The minimum atomic E-state index is -0.747. The van der Waals surface area contributed by atoms with Crippen molar-refractivity contribution in [1.82, 2.24) is 15.4 Å². The van der Waals surface area contributed by atoms with E-state index in [1.807, 2.05) is 18.2 Å². The fourth-order valence-corrected chi connectivity index (χ4v) is 3.29.